The Morgan fingerprint density at radius 2 is 1.14 bits per heavy atom. The van der Waals surface area contributed by atoms with Crippen molar-refractivity contribution >= 4 is 11.8 Å². The number of aromatic nitrogens is 6. The minimum Gasteiger partial charge on any atom is -0.345 e. The maximum atomic E-state index is 13.0. The largest absolute Gasteiger partial charge is 0.412 e. The molecule has 0 saturated carbocycles. The van der Waals surface area contributed by atoms with E-state index in [1.807, 2.05) is 0 Å². The number of nitrogens with one attached hydrogen (secondary N) is 2. The number of carbonyl (C=O) groups excluding carboxylic acids is 2. The Hall–Kier alpha value is -3.20. The molecule has 0 aliphatic heterocycles. The lowest BCUT2D eigenvalue weighted by molar-refractivity contribution is -0.172. The van der Waals surface area contributed by atoms with Crippen molar-refractivity contribution in [2.75, 3.05) is 13.1 Å². The topological polar surface area (TPSA) is 120 Å². The van der Waals surface area contributed by atoms with E-state index in [9.17, 15) is 35.9 Å². The molecule has 2 amide bonds. The van der Waals surface area contributed by atoms with Crippen LogP contribution >= 0.6 is 0 Å². The van der Waals surface area contributed by atoms with Gasteiger partial charge in [-0.3, -0.25) is 9.59 Å². The lowest BCUT2D eigenvalue weighted by atomic mass is 10.2. The summed E-state index contributed by atoms with van der Waals surface area (Å²) in [6, 6.07) is -4.63. The lowest BCUT2D eigenvalue weighted by Gasteiger charge is -2.21. The summed E-state index contributed by atoms with van der Waals surface area (Å²) in [5.41, 5.74) is 0. The fourth-order valence-corrected chi connectivity index (χ4v) is 2.01. The molecular weight excluding hydrogens is 402 g/mol. The van der Waals surface area contributed by atoms with Gasteiger partial charge in [0.25, 0.3) is 0 Å². The molecule has 0 aromatic carbocycles. The third-order valence-electron chi connectivity index (χ3n) is 3.39. The molecule has 2 heterocycles. The minimum atomic E-state index is -4.83. The van der Waals surface area contributed by atoms with Gasteiger partial charge >= 0.3 is 24.2 Å². The first-order valence-corrected chi connectivity index (χ1v) is 7.38. The second-order valence-corrected chi connectivity index (χ2v) is 5.29. The van der Waals surface area contributed by atoms with Gasteiger partial charge in [-0.05, 0) is 0 Å². The van der Waals surface area contributed by atoms with Crippen LogP contribution in [0.5, 0.6) is 0 Å². The van der Waals surface area contributed by atoms with Crippen LogP contribution in [-0.4, -0.2) is 66.8 Å². The third-order valence-corrected chi connectivity index (χ3v) is 3.39. The molecule has 10 nitrogen and oxygen atoms in total. The predicted molar refractivity (Wildman–Crippen MR) is 76.2 cm³/mol. The molecule has 0 aliphatic carbocycles. The zero-order valence-electron chi connectivity index (χ0n) is 13.6. The molecule has 2 atom stereocenters. The number of alkyl halides is 6. The average molecular weight is 414 g/mol. The molecule has 0 radical (unpaired) electrons. The number of carbonyl (C=O) groups is 2. The van der Waals surface area contributed by atoms with E-state index in [0.717, 1.165) is 25.3 Å². The van der Waals surface area contributed by atoms with Crippen LogP contribution in [0.25, 0.3) is 0 Å². The number of rotatable bonds is 6. The summed E-state index contributed by atoms with van der Waals surface area (Å²) in [5.74, 6) is -3.09. The van der Waals surface area contributed by atoms with Crippen molar-refractivity contribution in [1.82, 2.24) is 40.2 Å². The molecule has 2 aromatic rings. The van der Waals surface area contributed by atoms with Crippen molar-refractivity contribution < 1.29 is 35.9 Å². The second-order valence-electron chi connectivity index (χ2n) is 5.29. The summed E-state index contributed by atoms with van der Waals surface area (Å²) in [4.78, 5) is 30.0. The molecule has 16 heteroatoms. The minimum absolute atomic E-state index is 0.419. The maximum absolute atomic E-state index is 13.0. The van der Waals surface area contributed by atoms with Crippen LogP contribution in [0, 0.1) is 0 Å². The van der Waals surface area contributed by atoms with E-state index in [-0.39, 0.29) is 0 Å². The van der Waals surface area contributed by atoms with Crippen LogP contribution < -0.4 is 10.6 Å². The Balaban J connectivity index is 1.94. The summed E-state index contributed by atoms with van der Waals surface area (Å²) in [6.07, 6.45) is -6.45. The molecule has 2 rings (SSSR count). The van der Waals surface area contributed by atoms with Gasteiger partial charge in [-0.1, -0.05) is 0 Å². The summed E-state index contributed by atoms with van der Waals surface area (Å²) in [6.45, 7) is -2.16. The third kappa shape index (κ3) is 5.40. The summed E-state index contributed by atoms with van der Waals surface area (Å²) >= 11 is 0. The van der Waals surface area contributed by atoms with Crippen molar-refractivity contribution in [1.29, 1.82) is 0 Å². The van der Waals surface area contributed by atoms with Gasteiger partial charge in [0.1, 0.15) is 25.3 Å². The Bertz CT molecular complexity index is 707. The SMILES string of the molecule is O=C(NCC(n1cncn1)C(F)(F)F)C(=O)NCC(n1cncn1)C(F)(F)F. The van der Waals surface area contributed by atoms with E-state index in [1.165, 1.54) is 0 Å². The van der Waals surface area contributed by atoms with Crippen molar-refractivity contribution in [3.63, 3.8) is 0 Å². The highest BCUT2D eigenvalue weighted by Gasteiger charge is 2.43. The smallest absolute Gasteiger partial charge is 0.345 e. The van der Waals surface area contributed by atoms with Gasteiger partial charge < -0.3 is 10.6 Å². The number of hydrogen-bond acceptors (Lipinski definition) is 6. The zero-order valence-corrected chi connectivity index (χ0v) is 13.6. The zero-order chi connectivity index (χ0) is 20.9. The predicted octanol–water partition coefficient (Wildman–Crippen LogP) is 0.00900. The van der Waals surface area contributed by atoms with Gasteiger partial charge in [-0.15, -0.1) is 0 Å². The first-order chi connectivity index (χ1) is 13.0. The van der Waals surface area contributed by atoms with Gasteiger partial charge in [-0.25, -0.2) is 19.3 Å². The Morgan fingerprint density at radius 3 is 1.39 bits per heavy atom. The fraction of sp³-hybridized carbons (Fsp3) is 0.500. The van der Waals surface area contributed by atoms with Crippen molar-refractivity contribution in [2.24, 2.45) is 0 Å². The van der Waals surface area contributed by atoms with E-state index in [2.05, 4.69) is 20.2 Å². The van der Waals surface area contributed by atoms with Crippen LogP contribution in [0.1, 0.15) is 12.1 Å². The van der Waals surface area contributed by atoms with Crippen molar-refractivity contribution in [2.45, 2.75) is 24.4 Å². The summed E-state index contributed by atoms with van der Waals surface area (Å²) in [7, 11) is 0. The first-order valence-electron chi connectivity index (χ1n) is 7.38. The molecular formula is C12H12F6N8O2. The molecule has 0 saturated heterocycles. The van der Waals surface area contributed by atoms with Crippen molar-refractivity contribution in [3.05, 3.63) is 25.3 Å². The molecule has 154 valence electrons. The van der Waals surface area contributed by atoms with Gasteiger partial charge in [0.15, 0.2) is 12.1 Å². The van der Waals surface area contributed by atoms with Crippen LogP contribution in [0.2, 0.25) is 0 Å². The van der Waals surface area contributed by atoms with E-state index in [4.69, 9.17) is 0 Å². The standard InChI is InChI=1S/C12H12F6N8O2/c13-11(14,15)7(25-5-19-3-23-25)1-21-9(27)10(28)22-2-8(12(16,17)18)26-6-20-4-24-26/h3-8H,1-2H2,(H,21,27)(H,22,28). The molecule has 2 N–H and O–H groups in total. The van der Waals surface area contributed by atoms with Gasteiger partial charge in [0.2, 0.25) is 0 Å². The van der Waals surface area contributed by atoms with Crippen LogP contribution in [-0.2, 0) is 9.59 Å². The first kappa shape index (κ1) is 21.1. The Labute approximate surface area is 151 Å². The molecule has 0 aliphatic rings. The van der Waals surface area contributed by atoms with E-state index in [1.54, 1.807) is 10.6 Å². The highest BCUT2D eigenvalue weighted by Crippen LogP contribution is 2.30. The van der Waals surface area contributed by atoms with E-state index >= 15 is 0 Å². The molecule has 0 bridgehead atoms. The number of nitrogens with zero attached hydrogens (tertiary/aromatic N) is 6. The van der Waals surface area contributed by atoms with Crippen LogP contribution in [0.15, 0.2) is 25.3 Å². The summed E-state index contributed by atoms with van der Waals surface area (Å²) in [5, 5.41) is 10.0. The maximum Gasteiger partial charge on any atom is 0.412 e. The van der Waals surface area contributed by atoms with E-state index in [0.29, 0.717) is 9.36 Å². The molecule has 0 spiro atoms. The normalized spacial score (nSPS) is 14.4. The quantitative estimate of drug-likeness (QED) is 0.508. The lowest BCUT2D eigenvalue weighted by Crippen LogP contribution is -2.47. The van der Waals surface area contributed by atoms with Gasteiger partial charge in [0.05, 0.1) is 0 Å². The molecule has 0 fully saturated rings. The molecule has 28 heavy (non-hydrogen) atoms. The van der Waals surface area contributed by atoms with Crippen molar-refractivity contribution in [3.8, 4) is 0 Å². The number of amides is 2. The monoisotopic (exact) mass is 414 g/mol. The van der Waals surface area contributed by atoms with Crippen LogP contribution in [0.3, 0.4) is 0 Å². The molecule has 2 unspecified atom stereocenters. The van der Waals surface area contributed by atoms with Gasteiger partial charge in [0, 0.05) is 13.1 Å². The Kier molecular flexibility index (Phi) is 6.19. The average Bonchev–Trinajstić information content (AvgIpc) is 3.26. The number of halogens is 6. The fourth-order valence-electron chi connectivity index (χ4n) is 2.01. The molecule has 2 aromatic heterocycles. The van der Waals surface area contributed by atoms with Gasteiger partial charge in [-0.2, -0.15) is 36.5 Å². The number of hydrogen-bond donors (Lipinski definition) is 2. The second kappa shape index (κ2) is 8.22. The summed E-state index contributed by atoms with van der Waals surface area (Å²) < 4.78 is 78.8. The Morgan fingerprint density at radius 1 is 0.786 bits per heavy atom. The highest BCUT2D eigenvalue weighted by atomic mass is 19.4. The van der Waals surface area contributed by atoms with Crippen LogP contribution in [0.4, 0.5) is 26.3 Å². The van der Waals surface area contributed by atoms with E-state index < -0.39 is 49.3 Å². The highest BCUT2D eigenvalue weighted by molar-refractivity contribution is 6.35.